The molecule has 0 saturated carbocycles. The first kappa shape index (κ1) is 13.1. The van der Waals surface area contributed by atoms with E-state index in [4.69, 9.17) is 0 Å². The summed E-state index contributed by atoms with van der Waals surface area (Å²) in [5.41, 5.74) is 1.38. The standard InChI is InChI=1S/C16H19N3O/c1-16(7-4-8-17-11-16)15(20)19-13-9-12-5-2-3-6-14(12)18-10-13/h2-3,5-6,9-10,17H,4,7-8,11H2,1H3,(H,19,20). The fourth-order valence-electron chi connectivity index (χ4n) is 2.67. The van der Waals surface area contributed by atoms with Gasteiger partial charge in [-0.15, -0.1) is 0 Å². The summed E-state index contributed by atoms with van der Waals surface area (Å²) in [6.07, 6.45) is 3.69. The Balaban J connectivity index is 1.80. The van der Waals surface area contributed by atoms with Crippen LogP contribution in [0.4, 0.5) is 5.69 Å². The number of piperidine rings is 1. The monoisotopic (exact) mass is 269 g/mol. The van der Waals surface area contributed by atoms with Crippen LogP contribution in [0, 0.1) is 5.41 Å². The van der Waals surface area contributed by atoms with Gasteiger partial charge in [0.25, 0.3) is 0 Å². The fraction of sp³-hybridized carbons (Fsp3) is 0.375. The topological polar surface area (TPSA) is 54.0 Å². The quantitative estimate of drug-likeness (QED) is 0.881. The highest BCUT2D eigenvalue weighted by Gasteiger charge is 2.34. The van der Waals surface area contributed by atoms with Gasteiger partial charge < -0.3 is 10.6 Å². The predicted octanol–water partition coefficient (Wildman–Crippen LogP) is 2.56. The largest absolute Gasteiger partial charge is 0.324 e. The van der Waals surface area contributed by atoms with Crippen LogP contribution in [0.5, 0.6) is 0 Å². The Morgan fingerprint density at radius 3 is 3.05 bits per heavy atom. The average Bonchev–Trinajstić information content (AvgIpc) is 2.48. The predicted molar refractivity (Wildman–Crippen MR) is 80.6 cm³/mol. The molecule has 0 spiro atoms. The number of carbonyl (C=O) groups is 1. The summed E-state index contributed by atoms with van der Waals surface area (Å²) in [5.74, 6) is 0.0711. The fourth-order valence-corrected chi connectivity index (χ4v) is 2.67. The van der Waals surface area contributed by atoms with Crippen LogP contribution in [-0.4, -0.2) is 24.0 Å². The van der Waals surface area contributed by atoms with Gasteiger partial charge >= 0.3 is 0 Å². The van der Waals surface area contributed by atoms with Crippen molar-refractivity contribution in [2.24, 2.45) is 5.41 Å². The number of rotatable bonds is 2. The van der Waals surface area contributed by atoms with Crippen LogP contribution >= 0.6 is 0 Å². The first-order valence-corrected chi connectivity index (χ1v) is 7.04. The van der Waals surface area contributed by atoms with Crippen LogP contribution in [0.3, 0.4) is 0 Å². The molecule has 20 heavy (non-hydrogen) atoms. The Bertz CT molecular complexity index is 632. The van der Waals surface area contributed by atoms with E-state index in [1.807, 2.05) is 37.3 Å². The van der Waals surface area contributed by atoms with Crippen molar-refractivity contribution in [1.82, 2.24) is 10.3 Å². The van der Waals surface area contributed by atoms with Gasteiger partial charge in [-0.3, -0.25) is 9.78 Å². The summed E-state index contributed by atoms with van der Waals surface area (Å²) < 4.78 is 0. The Labute approximate surface area is 118 Å². The van der Waals surface area contributed by atoms with Gasteiger partial charge in [-0.05, 0) is 38.4 Å². The molecule has 1 aliphatic rings. The lowest BCUT2D eigenvalue weighted by molar-refractivity contribution is -0.125. The number of nitrogens with zero attached hydrogens (tertiary/aromatic N) is 1. The van der Waals surface area contributed by atoms with Crippen molar-refractivity contribution in [3.8, 4) is 0 Å². The molecule has 3 rings (SSSR count). The number of anilines is 1. The van der Waals surface area contributed by atoms with E-state index >= 15 is 0 Å². The van der Waals surface area contributed by atoms with E-state index in [2.05, 4.69) is 15.6 Å². The van der Waals surface area contributed by atoms with Gasteiger partial charge in [-0.2, -0.15) is 0 Å². The van der Waals surface area contributed by atoms with Gasteiger partial charge in [0.2, 0.25) is 5.91 Å². The third-order valence-corrected chi connectivity index (χ3v) is 3.99. The molecule has 4 nitrogen and oxygen atoms in total. The second kappa shape index (κ2) is 5.21. The van der Waals surface area contributed by atoms with Crippen molar-refractivity contribution in [3.63, 3.8) is 0 Å². The molecule has 1 atom stereocenters. The van der Waals surface area contributed by atoms with E-state index in [-0.39, 0.29) is 11.3 Å². The molecule has 1 aliphatic heterocycles. The average molecular weight is 269 g/mol. The first-order valence-electron chi connectivity index (χ1n) is 7.04. The molecule has 2 aromatic rings. The van der Waals surface area contributed by atoms with Crippen molar-refractivity contribution in [1.29, 1.82) is 0 Å². The number of hydrogen-bond acceptors (Lipinski definition) is 3. The number of amides is 1. The van der Waals surface area contributed by atoms with Crippen LogP contribution in [0.25, 0.3) is 10.9 Å². The van der Waals surface area contributed by atoms with Crippen LogP contribution in [0.2, 0.25) is 0 Å². The van der Waals surface area contributed by atoms with E-state index in [9.17, 15) is 4.79 Å². The lowest BCUT2D eigenvalue weighted by atomic mass is 9.82. The Morgan fingerprint density at radius 1 is 1.40 bits per heavy atom. The van der Waals surface area contributed by atoms with Gasteiger partial charge in [-0.1, -0.05) is 18.2 Å². The molecule has 1 unspecified atom stereocenters. The minimum Gasteiger partial charge on any atom is -0.324 e. The van der Waals surface area contributed by atoms with Crippen molar-refractivity contribution in [3.05, 3.63) is 36.5 Å². The highest BCUT2D eigenvalue weighted by Crippen LogP contribution is 2.27. The number of fused-ring (bicyclic) bond motifs is 1. The summed E-state index contributed by atoms with van der Waals surface area (Å²) in [6.45, 7) is 3.75. The smallest absolute Gasteiger partial charge is 0.231 e. The number of benzene rings is 1. The van der Waals surface area contributed by atoms with Crippen LogP contribution in [0.15, 0.2) is 36.5 Å². The summed E-state index contributed by atoms with van der Waals surface area (Å²) in [4.78, 5) is 16.8. The minimum absolute atomic E-state index is 0.0711. The van der Waals surface area contributed by atoms with Gasteiger partial charge in [0.05, 0.1) is 22.8 Å². The number of carbonyl (C=O) groups excluding carboxylic acids is 1. The third-order valence-electron chi connectivity index (χ3n) is 3.99. The molecule has 0 bridgehead atoms. The molecule has 1 fully saturated rings. The number of hydrogen-bond donors (Lipinski definition) is 2. The third kappa shape index (κ3) is 2.51. The number of aromatic nitrogens is 1. The lowest BCUT2D eigenvalue weighted by Gasteiger charge is -2.32. The highest BCUT2D eigenvalue weighted by atomic mass is 16.2. The zero-order valence-corrected chi connectivity index (χ0v) is 11.6. The zero-order chi connectivity index (χ0) is 14.0. The molecule has 1 aromatic carbocycles. The van der Waals surface area contributed by atoms with Crippen LogP contribution in [-0.2, 0) is 4.79 Å². The van der Waals surface area contributed by atoms with Gasteiger partial charge in [0.15, 0.2) is 0 Å². The van der Waals surface area contributed by atoms with Gasteiger partial charge in [0.1, 0.15) is 0 Å². The van der Waals surface area contributed by atoms with E-state index in [1.165, 1.54) is 0 Å². The lowest BCUT2D eigenvalue weighted by Crippen LogP contribution is -2.46. The molecular formula is C16H19N3O. The summed E-state index contributed by atoms with van der Waals surface area (Å²) in [7, 11) is 0. The van der Waals surface area contributed by atoms with E-state index in [1.54, 1.807) is 6.20 Å². The maximum Gasteiger partial charge on any atom is 0.231 e. The Morgan fingerprint density at radius 2 is 2.25 bits per heavy atom. The second-order valence-electron chi connectivity index (χ2n) is 5.71. The summed E-state index contributed by atoms with van der Waals surface area (Å²) in [5, 5.41) is 7.34. The van der Waals surface area contributed by atoms with Gasteiger partial charge in [0, 0.05) is 11.9 Å². The van der Waals surface area contributed by atoms with E-state index in [0.29, 0.717) is 0 Å². The molecule has 1 amide bonds. The number of para-hydroxylation sites is 1. The number of nitrogens with one attached hydrogen (secondary N) is 2. The molecule has 1 aromatic heterocycles. The molecular weight excluding hydrogens is 250 g/mol. The summed E-state index contributed by atoms with van der Waals surface area (Å²) in [6, 6.07) is 9.87. The van der Waals surface area contributed by atoms with Crippen molar-refractivity contribution in [2.45, 2.75) is 19.8 Å². The van der Waals surface area contributed by atoms with Crippen molar-refractivity contribution in [2.75, 3.05) is 18.4 Å². The Kier molecular flexibility index (Phi) is 3.40. The minimum atomic E-state index is -0.329. The van der Waals surface area contributed by atoms with Gasteiger partial charge in [-0.25, -0.2) is 0 Å². The molecule has 4 heteroatoms. The molecule has 2 N–H and O–H groups in total. The van der Waals surface area contributed by atoms with E-state index < -0.39 is 0 Å². The maximum absolute atomic E-state index is 12.4. The molecule has 2 heterocycles. The Hall–Kier alpha value is -1.94. The summed E-state index contributed by atoms with van der Waals surface area (Å²) >= 11 is 0. The normalized spacial score (nSPS) is 22.6. The van der Waals surface area contributed by atoms with Crippen LogP contribution in [0.1, 0.15) is 19.8 Å². The molecule has 1 saturated heterocycles. The van der Waals surface area contributed by atoms with E-state index in [0.717, 1.165) is 42.5 Å². The van der Waals surface area contributed by atoms with Crippen LogP contribution < -0.4 is 10.6 Å². The SMILES string of the molecule is CC1(C(=O)Nc2cnc3ccccc3c2)CCCNC1. The first-order chi connectivity index (χ1) is 9.67. The maximum atomic E-state index is 12.4. The number of pyridine rings is 1. The molecule has 0 aliphatic carbocycles. The highest BCUT2D eigenvalue weighted by molar-refractivity contribution is 5.96. The molecule has 104 valence electrons. The molecule has 0 radical (unpaired) electrons. The van der Waals surface area contributed by atoms with Crippen molar-refractivity contribution >= 4 is 22.5 Å². The zero-order valence-electron chi connectivity index (χ0n) is 11.6. The second-order valence-corrected chi connectivity index (χ2v) is 5.71. The van der Waals surface area contributed by atoms with Crippen molar-refractivity contribution < 1.29 is 4.79 Å².